The molecule has 5 nitrogen and oxygen atoms in total. The third-order valence-corrected chi connectivity index (χ3v) is 9.58. The maximum absolute atomic E-state index is 5.46. The van der Waals surface area contributed by atoms with Crippen molar-refractivity contribution >= 4 is 50.1 Å². The minimum Gasteiger partial charge on any atom is -0.338 e. The van der Waals surface area contributed by atoms with Gasteiger partial charge in [0.25, 0.3) is 0 Å². The summed E-state index contributed by atoms with van der Waals surface area (Å²) in [6.07, 6.45) is 8.03. The van der Waals surface area contributed by atoms with Crippen molar-refractivity contribution in [3.05, 3.63) is 144 Å². The number of nitrogens with zero attached hydrogens (tertiary/aromatic N) is 4. The van der Waals surface area contributed by atoms with E-state index >= 15 is 0 Å². The summed E-state index contributed by atoms with van der Waals surface area (Å²) in [5.41, 5.74) is 11.1. The van der Waals surface area contributed by atoms with Crippen LogP contribution in [0.4, 0.5) is 0 Å². The van der Waals surface area contributed by atoms with Crippen LogP contribution >= 0.6 is 0 Å². The fraction of sp³-hybridized carbons (Fsp3) is 0.186. The molecule has 2 aromatic heterocycles. The highest BCUT2D eigenvalue weighted by Crippen LogP contribution is 2.32. The molecule has 1 aliphatic rings. The Morgan fingerprint density at radius 2 is 1.48 bits per heavy atom. The number of aromatic nitrogens is 3. The molecule has 236 valence electrons. The van der Waals surface area contributed by atoms with E-state index in [2.05, 4.69) is 133 Å². The molecule has 0 spiro atoms. The maximum Gasteiger partial charge on any atom is 0.230 e. The molecule has 8 rings (SSSR count). The molecule has 0 aliphatic heterocycles. The molecule has 0 bridgehead atoms. The monoisotopic (exact) mass is 625 g/mol. The molecule has 0 saturated heterocycles. The van der Waals surface area contributed by atoms with Crippen LogP contribution < -0.4 is 0 Å². The van der Waals surface area contributed by atoms with Crippen molar-refractivity contribution in [1.29, 1.82) is 0 Å². The fourth-order valence-corrected chi connectivity index (χ4v) is 7.05. The Balaban J connectivity index is 1.29. The van der Waals surface area contributed by atoms with E-state index in [-0.39, 0.29) is 6.04 Å². The van der Waals surface area contributed by atoms with Gasteiger partial charge in [-0.2, -0.15) is 0 Å². The highest BCUT2D eigenvalue weighted by Gasteiger charge is 2.19. The van der Waals surface area contributed by atoms with E-state index in [0.717, 1.165) is 57.6 Å². The second-order valence-corrected chi connectivity index (χ2v) is 12.6. The van der Waals surface area contributed by atoms with Crippen molar-refractivity contribution in [2.24, 2.45) is 9.98 Å². The average molecular weight is 626 g/mol. The first kappa shape index (κ1) is 29.8. The number of para-hydroxylation sites is 3. The Bertz CT molecular complexity index is 2280. The zero-order valence-corrected chi connectivity index (χ0v) is 27.5. The Hall–Kier alpha value is -5.55. The van der Waals surface area contributed by atoms with Crippen molar-refractivity contribution in [3.8, 4) is 11.4 Å². The third kappa shape index (κ3) is 5.56. The van der Waals surface area contributed by atoms with Gasteiger partial charge >= 0.3 is 0 Å². The number of hydrogen-bond donors (Lipinski definition) is 1. The molecular weight excluding hydrogens is 587 g/mol. The lowest BCUT2D eigenvalue weighted by Crippen LogP contribution is -2.15. The zero-order chi connectivity index (χ0) is 32.5. The first-order chi connectivity index (χ1) is 23.7. The van der Waals surface area contributed by atoms with Crippen LogP contribution in [0.3, 0.4) is 0 Å². The van der Waals surface area contributed by atoms with Gasteiger partial charge in [0, 0.05) is 21.9 Å². The van der Waals surface area contributed by atoms with Crippen molar-refractivity contribution in [1.82, 2.24) is 14.5 Å². The summed E-state index contributed by atoms with van der Waals surface area (Å²) in [4.78, 5) is 19.5. The number of rotatable bonds is 6. The Morgan fingerprint density at radius 3 is 2.17 bits per heavy atom. The molecule has 0 radical (unpaired) electrons. The smallest absolute Gasteiger partial charge is 0.230 e. The standard InChI is InChI=1S/C43H39N5/c1-3-37(36-21-14-22-38-41(36)47-42(45-38)33-17-8-5-9-18-33)46-43(48-39-23-12-10-19-34(39)35-20-11-13-24-40(35)48)44-29(2)30-25-27-32(28-26-30)31-15-6-4-7-16-31/h5,8-15,17-29H,3-4,6-7,16H2,1-2H3,(H,45,47)/b44-43+,46-37+. The molecule has 7 aromatic rings. The number of H-pyrrole nitrogens is 1. The van der Waals surface area contributed by atoms with Gasteiger partial charge in [-0.25, -0.2) is 15.0 Å². The minimum atomic E-state index is -0.109. The van der Waals surface area contributed by atoms with Gasteiger partial charge in [0.15, 0.2) is 0 Å². The van der Waals surface area contributed by atoms with Crippen molar-refractivity contribution in [2.45, 2.75) is 52.0 Å². The minimum absolute atomic E-state index is 0.109. The number of hydrogen-bond acceptors (Lipinski definition) is 2. The van der Waals surface area contributed by atoms with Crippen molar-refractivity contribution in [3.63, 3.8) is 0 Å². The van der Waals surface area contributed by atoms with E-state index in [1.54, 1.807) is 0 Å². The predicted molar refractivity (Wildman–Crippen MR) is 202 cm³/mol. The average Bonchev–Trinajstić information content (AvgIpc) is 3.74. The molecule has 48 heavy (non-hydrogen) atoms. The molecule has 2 heterocycles. The lowest BCUT2D eigenvalue weighted by atomic mass is 9.93. The van der Waals surface area contributed by atoms with Crippen LogP contribution in [0.15, 0.2) is 137 Å². The Labute approximate surface area is 281 Å². The van der Waals surface area contributed by atoms with Gasteiger partial charge in [0.1, 0.15) is 5.82 Å². The number of allylic oxidation sites excluding steroid dienone is 2. The Kier molecular flexibility index (Phi) is 8.03. The first-order valence-corrected chi connectivity index (χ1v) is 17.2. The van der Waals surface area contributed by atoms with Gasteiger partial charge in [-0.15, -0.1) is 0 Å². The number of aliphatic imine (C=N–C) groups is 2. The van der Waals surface area contributed by atoms with Crippen LogP contribution in [0.5, 0.6) is 0 Å². The molecule has 1 aliphatic carbocycles. The van der Waals surface area contributed by atoms with Gasteiger partial charge in [-0.1, -0.05) is 116 Å². The summed E-state index contributed by atoms with van der Waals surface area (Å²) in [5.74, 6) is 1.53. The van der Waals surface area contributed by atoms with E-state index in [1.165, 1.54) is 46.7 Å². The first-order valence-electron chi connectivity index (χ1n) is 17.2. The molecule has 1 atom stereocenters. The van der Waals surface area contributed by atoms with E-state index in [4.69, 9.17) is 15.0 Å². The lowest BCUT2D eigenvalue weighted by molar-refractivity contribution is 0.742. The topological polar surface area (TPSA) is 58.3 Å². The normalized spacial score (nSPS) is 14.9. The Morgan fingerprint density at radius 1 is 0.771 bits per heavy atom. The van der Waals surface area contributed by atoms with Gasteiger partial charge in [0.05, 0.1) is 33.8 Å². The van der Waals surface area contributed by atoms with Crippen LogP contribution in [0.2, 0.25) is 0 Å². The molecule has 5 aromatic carbocycles. The number of nitrogens with one attached hydrogen (secondary N) is 1. The maximum atomic E-state index is 5.46. The molecule has 0 fully saturated rings. The van der Waals surface area contributed by atoms with E-state index in [0.29, 0.717) is 5.96 Å². The largest absolute Gasteiger partial charge is 0.338 e. The van der Waals surface area contributed by atoms with Crippen molar-refractivity contribution in [2.75, 3.05) is 0 Å². The van der Waals surface area contributed by atoms with E-state index in [9.17, 15) is 0 Å². The molecule has 0 saturated carbocycles. The SMILES string of the molecule is CC/C(=N\C(=N/C(C)c1ccc(C2=CCCCC2)cc1)n1c2ccccc2c2ccccc21)c1cccc2[nH]c(-c3ccccc3)nc12. The molecule has 1 unspecified atom stereocenters. The number of benzene rings is 5. The summed E-state index contributed by atoms with van der Waals surface area (Å²) >= 11 is 0. The summed E-state index contributed by atoms with van der Waals surface area (Å²) in [6, 6.07) is 42.6. The van der Waals surface area contributed by atoms with E-state index < -0.39 is 0 Å². The van der Waals surface area contributed by atoms with E-state index in [1.807, 2.05) is 18.2 Å². The van der Waals surface area contributed by atoms with Crippen LogP contribution in [0.1, 0.15) is 68.7 Å². The second-order valence-electron chi connectivity index (χ2n) is 12.6. The lowest BCUT2D eigenvalue weighted by Gasteiger charge is -2.16. The molecule has 1 N–H and O–H groups in total. The van der Waals surface area contributed by atoms with Crippen LogP contribution in [0, 0.1) is 0 Å². The zero-order valence-electron chi connectivity index (χ0n) is 27.5. The van der Waals surface area contributed by atoms with Crippen LogP contribution in [-0.4, -0.2) is 26.2 Å². The third-order valence-electron chi connectivity index (χ3n) is 9.58. The molecule has 5 heteroatoms. The van der Waals surface area contributed by atoms with Crippen LogP contribution in [-0.2, 0) is 0 Å². The summed E-state index contributed by atoms with van der Waals surface area (Å²) in [7, 11) is 0. The number of fused-ring (bicyclic) bond motifs is 4. The number of imidazole rings is 1. The number of aromatic amines is 1. The van der Waals surface area contributed by atoms with Gasteiger partial charge in [-0.05, 0) is 73.9 Å². The second kappa shape index (κ2) is 12.9. The predicted octanol–water partition coefficient (Wildman–Crippen LogP) is 11.2. The summed E-state index contributed by atoms with van der Waals surface area (Å²) < 4.78 is 2.23. The summed E-state index contributed by atoms with van der Waals surface area (Å²) in [6.45, 7) is 4.33. The van der Waals surface area contributed by atoms with Gasteiger partial charge in [0.2, 0.25) is 5.96 Å². The van der Waals surface area contributed by atoms with Crippen molar-refractivity contribution < 1.29 is 0 Å². The fourth-order valence-electron chi connectivity index (χ4n) is 7.05. The molecular formula is C43H39N5. The highest BCUT2D eigenvalue weighted by atomic mass is 15.2. The highest BCUT2D eigenvalue weighted by molar-refractivity contribution is 6.18. The molecule has 0 amide bonds. The van der Waals surface area contributed by atoms with Crippen LogP contribution in [0.25, 0.3) is 49.8 Å². The quantitative estimate of drug-likeness (QED) is 0.145. The van der Waals surface area contributed by atoms with Gasteiger partial charge in [-0.3, -0.25) is 4.57 Å². The summed E-state index contributed by atoms with van der Waals surface area (Å²) in [5, 5.41) is 2.38. The van der Waals surface area contributed by atoms with Gasteiger partial charge < -0.3 is 4.98 Å².